The van der Waals surface area contributed by atoms with Crippen LogP contribution >= 0.6 is 0 Å². The third-order valence-electron chi connectivity index (χ3n) is 4.41. The van der Waals surface area contributed by atoms with Crippen molar-refractivity contribution in [3.05, 3.63) is 36.4 Å². The summed E-state index contributed by atoms with van der Waals surface area (Å²) in [6.07, 6.45) is 3.31. The summed E-state index contributed by atoms with van der Waals surface area (Å²) in [5.41, 5.74) is 2.11. The number of aromatic nitrogens is 7. The molecule has 10 heteroatoms. The number of rotatable bonds is 3. The van der Waals surface area contributed by atoms with Crippen molar-refractivity contribution in [1.29, 1.82) is 0 Å². The normalized spacial score (nSPS) is 14.8. The molecule has 0 amide bonds. The smallest absolute Gasteiger partial charge is 0.272 e. The summed E-state index contributed by atoms with van der Waals surface area (Å²) < 4.78 is 12.4. The first kappa shape index (κ1) is 15.8. The van der Waals surface area contributed by atoms with Gasteiger partial charge >= 0.3 is 0 Å². The van der Waals surface area contributed by atoms with Crippen molar-refractivity contribution >= 4 is 11.7 Å². The second-order valence-electron chi connectivity index (χ2n) is 6.10. The molecule has 27 heavy (non-hydrogen) atoms. The summed E-state index contributed by atoms with van der Waals surface area (Å²) in [6, 6.07) is 5.41. The van der Waals surface area contributed by atoms with Crippen LogP contribution < -0.4 is 4.90 Å². The zero-order chi connectivity index (χ0) is 18.2. The van der Waals surface area contributed by atoms with Gasteiger partial charge in [-0.15, -0.1) is 15.3 Å². The van der Waals surface area contributed by atoms with Crippen molar-refractivity contribution in [1.82, 2.24) is 34.8 Å². The Kier molecular flexibility index (Phi) is 3.75. The van der Waals surface area contributed by atoms with Gasteiger partial charge in [-0.2, -0.15) is 9.50 Å². The summed E-state index contributed by atoms with van der Waals surface area (Å²) in [6.45, 7) is 4.79. The number of morpholine rings is 1. The van der Waals surface area contributed by atoms with Gasteiger partial charge in [-0.25, -0.2) is 9.97 Å². The summed E-state index contributed by atoms with van der Waals surface area (Å²) in [7, 11) is 0. The molecule has 0 atom stereocenters. The molecule has 0 unspecified atom stereocenters. The number of aryl methyl sites for hydroxylation is 1. The highest BCUT2D eigenvalue weighted by Crippen LogP contribution is 2.22. The molecular formula is C17H16N8O2. The standard InChI is InChI=1S/C17H16N8O2/c1-11-14(12-4-5-18-16(19-12)24-6-9-26-10-7-24)21-22-17-20-15(23-25(11)17)13-3-2-8-27-13/h2-5,8H,6-7,9-10H2,1H3. The molecule has 5 heterocycles. The van der Waals surface area contributed by atoms with Gasteiger partial charge in [0.05, 0.1) is 30.9 Å². The van der Waals surface area contributed by atoms with Crippen molar-refractivity contribution in [3.63, 3.8) is 0 Å². The lowest BCUT2D eigenvalue weighted by atomic mass is 10.2. The molecule has 5 rings (SSSR count). The van der Waals surface area contributed by atoms with Crippen LogP contribution in [0.2, 0.25) is 0 Å². The molecule has 0 saturated carbocycles. The Morgan fingerprint density at radius 1 is 1.07 bits per heavy atom. The van der Waals surface area contributed by atoms with Gasteiger partial charge in [-0.05, 0) is 25.1 Å². The number of furan rings is 1. The van der Waals surface area contributed by atoms with Crippen molar-refractivity contribution in [2.24, 2.45) is 0 Å². The molecule has 0 radical (unpaired) electrons. The predicted molar refractivity (Wildman–Crippen MR) is 95.1 cm³/mol. The Morgan fingerprint density at radius 3 is 2.78 bits per heavy atom. The van der Waals surface area contributed by atoms with E-state index in [1.54, 1.807) is 29.1 Å². The molecule has 1 aliphatic rings. The molecule has 1 aliphatic heterocycles. The average Bonchev–Trinajstić information content (AvgIpc) is 3.39. The molecule has 136 valence electrons. The minimum Gasteiger partial charge on any atom is -0.461 e. The Morgan fingerprint density at radius 2 is 1.96 bits per heavy atom. The molecule has 0 spiro atoms. The van der Waals surface area contributed by atoms with Crippen LogP contribution in [0.5, 0.6) is 0 Å². The van der Waals surface area contributed by atoms with E-state index in [1.165, 1.54) is 0 Å². The molecule has 0 aromatic carbocycles. The van der Waals surface area contributed by atoms with Crippen molar-refractivity contribution in [3.8, 4) is 23.0 Å². The maximum atomic E-state index is 5.39. The highest BCUT2D eigenvalue weighted by Gasteiger charge is 2.18. The second kappa shape index (κ2) is 6.40. The van der Waals surface area contributed by atoms with Crippen LogP contribution in [-0.4, -0.2) is 61.1 Å². The number of hydrogen-bond acceptors (Lipinski definition) is 9. The van der Waals surface area contributed by atoms with E-state index in [4.69, 9.17) is 9.15 Å². The maximum Gasteiger partial charge on any atom is 0.272 e. The van der Waals surface area contributed by atoms with Gasteiger partial charge in [0.25, 0.3) is 5.78 Å². The van der Waals surface area contributed by atoms with Crippen LogP contribution in [0.1, 0.15) is 5.69 Å². The van der Waals surface area contributed by atoms with Gasteiger partial charge in [-0.3, -0.25) is 0 Å². The van der Waals surface area contributed by atoms with Crippen LogP contribution in [0.4, 0.5) is 5.95 Å². The monoisotopic (exact) mass is 364 g/mol. The molecule has 4 aromatic rings. The van der Waals surface area contributed by atoms with Crippen LogP contribution in [0.3, 0.4) is 0 Å². The van der Waals surface area contributed by atoms with Crippen LogP contribution in [0.15, 0.2) is 35.1 Å². The number of nitrogens with zero attached hydrogens (tertiary/aromatic N) is 8. The lowest BCUT2D eigenvalue weighted by Gasteiger charge is -2.26. The van der Waals surface area contributed by atoms with E-state index in [2.05, 4.69) is 35.1 Å². The topological polar surface area (TPSA) is 107 Å². The zero-order valence-electron chi connectivity index (χ0n) is 14.6. The molecule has 1 saturated heterocycles. The molecule has 10 nitrogen and oxygen atoms in total. The van der Waals surface area contributed by atoms with Gasteiger partial charge in [-0.1, -0.05) is 0 Å². The molecular weight excluding hydrogens is 348 g/mol. The number of anilines is 1. The van der Waals surface area contributed by atoms with Gasteiger partial charge < -0.3 is 14.1 Å². The fraction of sp³-hybridized carbons (Fsp3) is 0.294. The lowest BCUT2D eigenvalue weighted by Crippen LogP contribution is -2.37. The SMILES string of the molecule is Cc1c(-c2ccnc(N3CCOCC3)n2)nnc2nc(-c3ccco3)nn12. The van der Waals surface area contributed by atoms with E-state index in [9.17, 15) is 0 Å². The third-order valence-corrected chi connectivity index (χ3v) is 4.41. The predicted octanol–water partition coefficient (Wildman–Crippen LogP) is 1.38. The minimum atomic E-state index is 0.408. The van der Waals surface area contributed by atoms with Gasteiger partial charge in [0, 0.05) is 19.3 Å². The number of hydrogen-bond donors (Lipinski definition) is 0. The largest absolute Gasteiger partial charge is 0.461 e. The first-order chi connectivity index (χ1) is 13.3. The highest BCUT2D eigenvalue weighted by molar-refractivity contribution is 5.59. The molecule has 1 fully saturated rings. The van der Waals surface area contributed by atoms with E-state index in [-0.39, 0.29) is 0 Å². The Labute approximate surface area is 153 Å². The quantitative estimate of drug-likeness (QED) is 0.533. The van der Waals surface area contributed by atoms with E-state index in [0.717, 1.165) is 18.8 Å². The molecule has 0 N–H and O–H groups in total. The minimum absolute atomic E-state index is 0.408. The fourth-order valence-electron chi connectivity index (χ4n) is 3.00. The lowest BCUT2D eigenvalue weighted by molar-refractivity contribution is 0.122. The summed E-state index contributed by atoms with van der Waals surface area (Å²) in [4.78, 5) is 15.5. The summed E-state index contributed by atoms with van der Waals surface area (Å²) in [5.74, 6) is 2.11. The van der Waals surface area contributed by atoms with E-state index in [1.807, 2.05) is 13.0 Å². The van der Waals surface area contributed by atoms with E-state index < -0.39 is 0 Å². The third kappa shape index (κ3) is 2.79. The Hall–Kier alpha value is -3.40. The molecule has 4 aromatic heterocycles. The van der Waals surface area contributed by atoms with Crippen LogP contribution in [0.25, 0.3) is 28.8 Å². The van der Waals surface area contributed by atoms with Crippen molar-refractivity contribution < 1.29 is 9.15 Å². The van der Waals surface area contributed by atoms with Gasteiger partial charge in [0.2, 0.25) is 11.8 Å². The highest BCUT2D eigenvalue weighted by atomic mass is 16.5. The summed E-state index contributed by atoms with van der Waals surface area (Å²) >= 11 is 0. The first-order valence-corrected chi connectivity index (χ1v) is 8.59. The first-order valence-electron chi connectivity index (χ1n) is 8.59. The number of fused-ring (bicyclic) bond motifs is 1. The molecule has 0 aliphatic carbocycles. The summed E-state index contributed by atoms with van der Waals surface area (Å²) in [5, 5.41) is 13.0. The van der Waals surface area contributed by atoms with Gasteiger partial charge in [0.1, 0.15) is 5.69 Å². The van der Waals surface area contributed by atoms with Crippen molar-refractivity contribution in [2.45, 2.75) is 6.92 Å². The van der Waals surface area contributed by atoms with Gasteiger partial charge in [0.15, 0.2) is 5.76 Å². The van der Waals surface area contributed by atoms with E-state index >= 15 is 0 Å². The number of ether oxygens (including phenoxy) is 1. The molecule has 0 bridgehead atoms. The zero-order valence-corrected chi connectivity index (χ0v) is 14.6. The van der Waals surface area contributed by atoms with Crippen LogP contribution in [-0.2, 0) is 4.74 Å². The fourth-order valence-corrected chi connectivity index (χ4v) is 3.00. The maximum absolute atomic E-state index is 5.39. The Bertz CT molecular complexity index is 1090. The van der Waals surface area contributed by atoms with Crippen molar-refractivity contribution in [2.75, 3.05) is 31.2 Å². The Balaban J connectivity index is 1.56. The second-order valence-corrected chi connectivity index (χ2v) is 6.10. The van der Waals surface area contributed by atoms with E-state index in [0.29, 0.717) is 47.9 Å². The average molecular weight is 364 g/mol. The van der Waals surface area contributed by atoms with Crippen LogP contribution in [0, 0.1) is 6.92 Å².